The maximum atomic E-state index is 5.75. The number of hydrogen-bond acceptors (Lipinski definition) is 2. The Balaban J connectivity index is 2.01. The third-order valence-corrected chi connectivity index (χ3v) is 3.32. The summed E-state index contributed by atoms with van der Waals surface area (Å²) in [7, 11) is 0. The van der Waals surface area contributed by atoms with Crippen LogP contribution in [0.25, 0.3) is 0 Å². The van der Waals surface area contributed by atoms with Crippen molar-refractivity contribution in [3.05, 3.63) is 58.3 Å². The van der Waals surface area contributed by atoms with Crippen molar-refractivity contribution in [2.24, 2.45) is 0 Å². The van der Waals surface area contributed by atoms with Crippen molar-refractivity contribution in [1.29, 1.82) is 0 Å². The predicted octanol–water partition coefficient (Wildman–Crippen LogP) is 4.72. The van der Waals surface area contributed by atoms with E-state index < -0.39 is 0 Å². The van der Waals surface area contributed by atoms with E-state index in [4.69, 9.17) is 4.74 Å². The van der Waals surface area contributed by atoms with Crippen LogP contribution in [0.3, 0.4) is 0 Å². The van der Waals surface area contributed by atoms with Crippen LogP contribution in [0.5, 0.6) is 5.75 Å². The summed E-state index contributed by atoms with van der Waals surface area (Å²) in [5.74, 6) is 0.882. The van der Waals surface area contributed by atoms with Gasteiger partial charge in [0, 0.05) is 22.4 Å². The monoisotopic (exact) mass is 319 g/mol. The number of aromatic nitrogens is 1. The van der Waals surface area contributed by atoms with Crippen LogP contribution in [0.4, 0.5) is 0 Å². The molecule has 0 aliphatic heterocycles. The van der Waals surface area contributed by atoms with E-state index in [1.807, 2.05) is 24.4 Å². The van der Waals surface area contributed by atoms with E-state index in [2.05, 4.69) is 53.8 Å². The van der Waals surface area contributed by atoms with Gasteiger partial charge in [0.1, 0.15) is 12.4 Å². The van der Waals surface area contributed by atoms with E-state index in [9.17, 15) is 0 Å². The Morgan fingerprint density at radius 3 is 2.37 bits per heavy atom. The standard InChI is InChI=1S/C16H18BrNO/c1-16(2,3)13-4-6-15(7-5-13)19-11-12-8-14(17)10-18-9-12/h4-10H,11H2,1-3H3. The van der Waals surface area contributed by atoms with Gasteiger partial charge in [-0.15, -0.1) is 0 Å². The van der Waals surface area contributed by atoms with Crippen LogP contribution in [-0.2, 0) is 12.0 Å². The highest BCUT2D eigenvalue weighted by Gasteiger charge is 2.12. The SMILES string of the molecule is CC(C)(C)c1ccc(OCc2cncc(Br)c2)cc1. The van der Waals surface area contributed by atoms with Crippen LogP contribution in [0.2, 0.25) is 0 Å². The van der Waals surface area contributed by atoms with Gasteiger partial charge in [0.05, 0.1) is 0 Å². The molecule has 2 nitrogen and oxygen atoms in total. The molecule has 0 unspecified atom stereocenters. The number of nitrogens with zero attached hydrogens (tertiary/aromatic N) is 1. The summed E-state index contributed by atoms with van der Waals surface area (Å²) in [6.45, 7) is 7.14. The number of ether oxygens (including phenoxy) is 1. The maximum absolute atomic E-state index is 5.75. The number of hydrogen-bond donors (Lipinski definition) is 0. The van der Waals surface area contributed by atoms with Crippen LogP contribution >= 0.6 is 15.9 Å². The molecular formula is C16H18BrNO. The van der Waals surface area contributed by atoms with Crippen molar-refractivity contribution in [3.8, 4) is 5.75 Å². The van der Waals surface area contributed by atoms with Gasteiger partial charge >= 0.3 is 0 Å². The van der Waals surface area contributed by atoms with Crippen molar-refractivity contribution in [3.63, 3.8) is 0 Å². The molecule has 3 heteroatoms. The molecule has 0 amide bonds. The fraction of sp³-hybridized carbons (Fsp3) is 0.312. The van der Waals surface area contributed by atoms with Crippen LogP contribution in [0, 0.1) is 0 Å². The van der Waals surface area contributed by atoms with Crippen molar-refractivity contribution >= 4 is 15.9 Å². The van der Waals surface area contributed by atoms with E-state index in [1.54, 1.807) is 6.20 Å². The lowest BCUT2D eigenvalue weighted by atomic mass is 9.87. The van der Waals surface area contributed by atoms with Gasteiger partial charge in [-0.2, -0.15) is 0 Å². The van der Waals surface area contributed by atoms with Crippen LogP contribution in [0.1, 0.15) is 31.9 Å². The molecule has 0 saturated carbocycles. The molecule has 1 aromatic carbocycles. The lowest BCUT2D eigenvalue weighted by Crippen LogP contribution is -2.10. The molecular weight excluding hydrogens is 302 g/mol. The lowest BCUT2D eigenvalue weighted by molar-refractivity contribution is 0.305. The smallest absolute Gasteiger partial charge is 0.119 e. The highest BCUT2D eigenvalue weighted by molar-refractivity contribution is 9.10. The zero-order valence-corrected chi connectivity index (χ0v) is 13.1. The molecule has 0 bridgehead atoms. The summed E-state index contributed by atoms with van der Waals surface area (Å²) in [4.78, 5) is 4.12. The van der Waals surface area contributed by atoms with Gasteiger partial charge in [0.15, 0.2) is 0 Å². The molecule has 2 aromatic rings. The van der Waals surface area contributed by atoms with Crippen molar-refractivity contribution in [2.45, 2.75) is 32.8 Å². The normalized spacial score (nSPS) is 11.4. The molecule has 0 atom stereocenters. The summed E-state index contributed by atoms with van der Waals surface area (Å²) < 4.78 is 6.72. The molecule has 100 valence electrons. The van der Waals surface area contributed by atoms with Crippen LogP contribution in [-0.4, -0.2) is 4.98 Å². The van der Waals surface area contributed by atoms with Gasteiger partial charge in [0.25, 0.3) is 0 Å². The van der Waals surface area contributed by atoms with E-state index in [-0.39, 0.29) is 5.41 Å². The number of pyridine rings is 1. The Bertz CT molecular complexity index is 543. The molecule has 1 aromatic heterocycles. The first-order valence-electron chi connectivity index (χ1n) is 6.28. The summed E-state index contributed by atoms with van der Waals surface area (Å²) >= 11 is 3.40. The van der Waals surface area contributed by atoms with Crippen molar-refractivity contribution < 1.29 is 4.74 Å². The van der Waals surface area contributed by atoms with Crippen LogP contribution < -0.4 is 4.74 Å². The molecule has 1 heterocycles. The zero-order chi connectivity index (χ0) is 13.9. The second-order valence-corrected chi connectivity index (χ2v) is 6.49. The quantitative estimate of drug-likeness (QED) is 0.816. The molecule has 0 saturated heterocycles. The zero-order valence-electron chi connectivity index (χ0n) is 11.5. The highest BCUT2D eigenvalue weighted by Crippen LogP contribution is 2.24. The first kappa shape index (κ1) is 14.1. The predicted molar refractivity (Wildman–Crippen MR) is 81.4 cm³/mol. The summed E-state index contributed by atoms with van der Waals surface area (Å²) in [6.07, 6.45) is 3.58. The Kier molecular flexibility index (Phi) is 4.25. The van der Waals surface area contributed by atoms with Gasteiger partial charge in [-0.25, -0.2) is 0 Å². The van der Waals surface area contributed by atoms with E-state index in [1.165, 1.54) is 5.56 Å². The van der Waals surface area contributed by atoms with Crippen LogP contribution in [0.15, 0.2) is 47.2 Å². The molecule has 19 heavy (non-hydrogen) atoms. The Morgan fingerprint density at radius 2 is 1.79 bits per heavy atom. The van der Waals surface area contributed by atoms with E-state index in [0.717, 1.165) is 15.8 Å². The molecule has 0 radical (unpaired) electrons. The highest BCUT2D eigenvalue weighted by atomic mass is 79.9. The fourth-order valence-corrected chi connectivity index (χ4v) is 2.16. The minimum Gasteiger partial charge on any atom is -0.489 e. The number of benzene rings is 1. The third-order valence-electron chi connectivity index (χ3n) is 2.89. The maximum Gasteiger partial charge on any atom is 0.119 e. The average molecular weight is 320 g/mol. The second kappa shape index (κ2) is 5.74. The molecule has 0 spiro atoms. The third kappa shape index (κ3) is 4.06. The van der Waals surface area contributed by atoms with Gasteiger partial charge in [-0.05, 0) is 45.1 Å². The first-order chi connectivity index (χ1) is 8.95. The molecule has 0 aliphatic rings. The molecule has 0 aliphatic carbocycles. The van der Waals surface area contributed by atoms with Gasteiger partial charge in [-0.3, -0.25) is 4.98 Å². The fourth-order valence-electron chi connectivity index (χ4n) is 1.75. The summed E-state index contributed by atoms with van der Waals surface area (Å²) in [5, 5.41) is 0. The molecule has 0 fully saturated rings. The molecule has 2 rings (SSSR count). The Labute approximate surface area is 123 Å². The summed E-state index contributed by atoms with van der Waals surface area (Å²) in [6, 6.07) is 10.3. The largest absolute Gasteiger partial charge is 0.489 e. The lowest BCUT2D eigenvalue weighted by Gasteiger charge is -2.19. The Hall–Kier alpha value is -1.35. The van der Waals surface area contributed by atoms with Crippen molar-refractivity contribution in [1.82, 2.24) is 4.98 Å². The number of halogens is 1. The van der Waals surface area contributed by atoms with Crippen molar-refractivity contribution in [2.75, 3.05) is 0 Å². The van der Waals surface area contributed by atoms with E-state index in [0.29, 0.717) is 6.61 Å². The number of rotatable bonds is 3. The Morgan fingerprint density at radius 1 is 1.11 bits per heavy atom. The minimum atomic E-state index is 0.173. The van der Waals surface area contributed by atoms with Gasteiger partial charge < -0.3 is 4.74 Å². The molecule has 0 N–H and O–H groups in total. The van der Waals surface area contributed by atoms with Gasteiger partial charge in [0.2, 0.25) is 0 Å². The average Bonchev–Trinajstić information content (AvgIpc) is 2.36. The minimum absolute atomic E-state index is 0.173. The van der Waals surface area contributed by atoms with Gasteiger partial charge in [-0.1, -0.05) is 32.9 Å². The topological polar surface area (TPSA) is 22.1 Å². The first-order valence-corrected chi connectivity index (χ1v) is 7.07. The van der Waals surface area contributed by atoms with E-state index >= 15 is 0 Å². The summed E-state index contributed by atoms with van der Waals surface area (Å²) in [5.41, 5.74) is 2.53. The second-order valence-electron chi connectivity index (χ2n) is 5.57.